The van der Waals surface area contributed by atoms with Crippen LogP contribution in [-0.2, 0) is 10.0 Å². The number of aromatic carboxylic acids is 1. The van der Waals surface area contributed by atoms with Gasteiger partial charge < -0.3 is 10.4 Å². The molecule has 8 nitrogen and oxygen atoms in total. The first-order chi connectivity index (χ1) is 8.61. The van der Waals surface area contributed by atoms with E-state index in [9.17, 15) is 13.2 Å². The fourth-order valence-corrected chi connectivity index (χ4v) is 2.54. The molecule has 0 aliphatic rings. The molecule has 0 aliphatic carbocycles. The van der Waals surface area contributed by atoms with Crippen molar-refractivity contribution in [2.24, 2.45) is 0 Å². The number of carboxylic acid groups (broad SMARTS) is 1. The van der Waals surface area contributed by atoms with Gasteiger partial charge in [-0.15, -0.1) is 0 Å². The first kappa shape index (κ1) is 15.3. The minimum atomic E-state index is -3.36. The van der Waals surface area contributed by atoms with E-state index in [0.29, 0.717) is 0 Å². The number of anilines is 1. The van der Waals surface area contributed by atoms with E-state index in [2.05, 4.69) is 20.0 Å². The van der Waals surface area contributed by atoms with Gasteiger partial charge in [0.15, 0.2) is 11.5 Å². The maximum atomic E-state index is 11.2. The Balaban J connectivity index is 2.80. The molecule has 0 radical (unpaired) electrons. The Morgan fingerprint density at radius 3 is 2.47 bits per heavy atom. The maximum Gasteiger partial charge on any atom is 0.358 e. The van der Waals surface area contributed by atoms with Gasteiger partial charge in [-0.3, -0.25) is 0 Å². The predicted molar refractivity (Wildman–Crippen MR) is 69.5 cm³/mol. The zero-order valence-corrected chi connectivity index (χ0v) is 11.7. The van der Waals surface area contributed by atoms with Gasteiger partial charge in [-0.2, -0.15) is 0 Å². The highest BCUT2D eigenvalue weighted by atomic mass is 32.2. The van der Waals surface area contributed by atoms with Crippen LogP contribution < -0.4 is 10.0 Å². The number of sulfonamides is 1. The minimum Gasteiger partial charge on any atom is -0.476 e. The van der Waals surface area contributed by atoms with Crippen LogP contribution in [-0.4, -0.2) is 47.8 Å². The monoisotopic (exact) mass is 288 g/mol. The molecule has 1 rings (SSSR count). The molecule has 0 fully saturated rings. The first-order valence-corrected chi connectivity index (χ1v) is 7.27. The topological polar surface area (TPSA) is 121 Å². The maximum absolute atomic E-state index is 11.2. The molecular formula is C10H16N4O4S. The molecule has 106 valence electrons. The van der Waals surface area contributed by atoms with Gasteiger partial charge in [-0.25, -0.2) is 27.9 Å². The van der Waals surface area contributed by atoms with Gasteiger partial charge in [0.05, 0.1) is 6.26 Å². The van der Waals surface area contributed by atoms with Crippen LogP contribution in [0.25, 0.3) is 0 Å². The lowest BCUT2D eigenvalue weighted by Crippen LogP contribution is -2.48. The lowest BCUT2D eigenvalue weighted by molar-refractivity contribution is 0.0691. The molecule has 1 aromatic rings. The third-order valence-corrected chi connectivity index (χ3v) is 2.98. The second kappa shape index (κ2) is 5.49. The SMILES string of the molecule is CC(C)(CNc1nccnc1C(=O)O)NS(C)(=O)=O. The van der Waals surface area contributed by atoms with Crippen LogP contribution in [0.2, 0.25) is 0 Å². The van der Waals surface area contributed by atoms with E-state index in [0.717, 1.165) is 6.26 Å². The minimum absolute atomic E-state index is 0.0957. The van der Waals surface area contributed by atoms with E-state index in [1.165, 1.54) is 12.4 Å². The summed E-state index contributed by atoms with van der Waals surface area (Å²) in [6.07, 6.45) is 3.68. The van der Waals surface area contributed by atoms with Crippen LogP contribution in [0.4, 0.5) is 5.82 Å². The molecule has 3 N–H and O–H groups in total. The normalized spacial score (nSPS) is 12.2. The molecule has 0 saturated carbocycles. The average Bonchev–Trinajstić information content (AvgIpc) is 2.23. The quantitative estimate of drug-likeness (QED) is 0.669. The molecule has 1 heterocycles. The molecule has 0 saturated heterocycles. The predicted octanol–water partition coefficient (Wildman–Crippen LogP) is -0.0855. The van der Waals surface area contributed by atoms with Gasteiger partial charge in [-0.05, 0) is 13.8 Å². The van der Waals surface area contributed by atoms with Gasteiger partial charge in [0.25, 0.3) is 0 Å². The zero-order chi connectivity index (χ0) is 14.7. The summed E-state index contributed by atoms with van der Waals surface area (Å²) in [7, 11) is -3.36. The highest BCUT2D eigenvalue weighted by Crippen LogP contribution is 2.11. The van der Waals surface area contributed by atoms with E-state index in [1.54, 1.807) is 13.8 Å². The molecule has 19 heavy (non-hydrogen) atoms. The molecule has 0 spiro atoms. The summed E-state index contributed by atoms with van der Waals surface area (Å²) in [5.41, 5.74) is -1.00. The van der Waals surface area contributed by atoms with Gasteiger partial charge in [0.2, 0.25) is 10.0 Å². The van der Waals surface area contributed by atoms with Crippen LogP contribution in [0.1, 0.15) is 24.3 Å². The van der Waals surface area contributed by atoms with Crippen LogP contribution in [0.3, 0.4) is 0 Å². The van der Waals surface area contributed by atoms with Crippen molar-refractivity contribution in [3.8, 4) is 0 Å². The highest BCUT2D eigenvalue weighted by molar-refractivity contribution is 7.88. The third-order valence-electron chi connectivity index (χ3n) is 2.06. The van der Waals surface area contributed by atoms with E-state index in [4.69, 9.17) is 5.11 Å². The van der Waals surface area contributed by atoms with Crippen molar-refractivity contribution in [2.45, 2.75) is 19.4 Å². The van der Waals surface area contributed by atoms with Crippen molar-refractivity contribution >= 4 is 21.8 Å². The number of rotatable bonds is 6. The van der Waals surface area contributed by atoms with E-state index < -0.39 is 21.5 Å². The molecule has 0 unspecified atom stereocenters. The molecule has 0 atom stereocenters. The second-order valence-corrected chi connectivity index (χ2v) is 6.42. The van der Waals surface area contributed by atoms with Gasteiger partial charge in [0.1, 0.15) is 0 Å². The molecular weight excluding hydrogens is 272 g/mol. The Bertz CT molecular complexity index is 571. The number of hydrogen-bond donors (Lipinski definition) is 3. The number of aromatic nitrogens is 2. The summed E-state index contributed by atoms with van der Waals surface area (Å²) < 4.78 is 24.8. The Morgan fingerprint density at radius 1 is 1.37 bits per heavy atom. The third kappa shape index (κ3) is 5.18. The van der Waals surface area contributed by atoms with Gasteiger partial charge >= 0.3 is 5.97 Å². The molecule has 0 aromatic carbocycles. The summed E-state index contributed by atoms with van der Waals surface area (Å²) in [5.74, 6) is -1.11. The number of carboxylic acids is 1. The smallest absolute Gasteiger partial charge is 0.358 e. The van der Waals surface area contributed by atoms with Crippen molar-refractivity contribution in [2.75, 3.05) is 18.1 Å². The molecule has 0 aliphatic heterocycles. The Kier molecular flexibility index (Phi) is 4.43. The Hall–Kier alpha value is -1.74. The van der Waals surface area contributed by atoms with E-state index in [1.807, 2.05) is 0 Å². The number of nitrogens with zero attached hydrogens (tertiary/aromatic N) is 2. The molecule has 0 amide bonds. The van der Waals surface area contributed by atoms with Crippen LogP contribution in [0.15, 0.2) is 12.4 Å². The largest absolute Gasteiger partial charge is 0.476 e. The Labute approximate surface area is 111 Å². The number of carbonyl (C=O) groups is 1. The van der Waals surface area contributed by atoms with Crippen LogP contribution >= 0.6 is 0 Å². The summed E-state index contributed by atoms with van der Waals surface area (Å²) in [6.45, 7) is 3.49. The molecule has 1 aromatic heterocycles. The zero-order valence-electron chi connectivity index (χ0n) is 10.8. The van der Waals surface area contributed by atoms with Crippen molar-refractivity contribution in [3.05, 3.63) is 18.1 Å². The summed E-state index contributed by atoms with van der Waals surface area (Å²) in [5, 5.41) is 11.7. The van der Waals surface area contributed by atoms with Crippen LogP contribution in [0, 0.1) is 0 Å². The summed E-state index contributed by atoms with van der Waals surface area (Å²) >= 11 is 0. The van der Waals surface area contributed by atoms with Gasteiger partial charge in [0, 0.05) is 24.5 Å². The average molecular weight is 288 g/mol. The van der Waals surface area contributed by atoms with E-state index in [-0.39, 0.29) is 18.1 Å². The van der Waals surface area contributed by atoms with Gasteiger partial charge in [-0.1, -0.05) is 0 Å². The lowest BCUT2D eigenvalue weighted by Gasteiger charge is -2.25. The summed E-state index contributed by atoms with van der Waals surface area (Å²) in [4.78, 5) is 18.5. The highest BCUT2D eigenvalue weighted by Gasteiger charge is 2.23. The summed E-state index contributed by atoms with van der Waals surface area (Å²) in [6, 6.07) is 0. The van der Waals surface area contributed by atoms with E-state index >= 15 is 0 Å². The Morgan fingerprint density at radius 2 is 1.95 bits per heavy atom. The fourth-order valence-electron chi connectivity index (χ4n) is 1.47. The van der Waals surface area contributed by atoms with Crippen molar-refractivity contribution in [1.29, 1.82) is 0 Å². The van der Waals surface area contributed by atoms with Crippen molar-refractivity contribution in [1.82, 2.24) is 14.7 Å². The number of hydrogen-bond acceptors (Lipinski definition) is 6. The standard InChI is InChI=1S/C10H16N4O4S/c1-10(2,14-19(3,17)18)6-13-8-7(9(15)16)11-4-5-12-8/h4-5,14H,6H2,1-3H3,(H,12,13)(H,15,16). The second-order valence-electron chi connectivity index (χ2n) is 4.67. The first-order valence-electron chi connectivity index (χ1n) is 5.38. The van der Waals surface area contributed by atoms with Crippen molar-refractivity contribution in [3.63, 3.8) is 0 Å². The lowest BCUT2D eigenvalue weighted by atomic mass is 10.1. The number of nitrogens with one attached hydrogen (secondary N) is 2. The fraction of sp³-hybridized carbons (Fsp3) is 0.500. The van der Waals surface area contributed by atoms with Crippen molar-refractivity contribution < 1.29 is 18.3 Å². The van der Waals surface area contributed by atoms with Crippen LogP contribution in [0.5, 0.6) is 0 Å². The molecule has 9 heteroatoms. The molecule has 0 bridgehead atoms.